The SMILES string of the molecule is Cc1cc(N)ccc1-c1ccc2c(c1C)CC(=O)N2. The minimum atomic E-state index is 0.0734. The Hall–Kier alpha value is -2.29. The van der Waals surface area contributed by atoms with E-state index in [0.717, 1.165) is 22.5 Å². The summed E-state index contributed by atoms with van der Waals surface area (Å²) in [6.07, 6.45) is 0.475. The highest BCUT2D eigenvalue weighted by Gasteiger charge is 2.21. The van der Waals surface area contributed by atoms with Crippen molar-refractivity contribution in [2.75, 3.05) is 11.1 Å². The molecule has 1 aliphatic rings. The van der Waals surface area contributed by atoms with Gasteiger partial charge in [-0.1, -0.05) is 12.1 Å². The quantitative estimate of drug-likeness (QED) is 0.766. The fourth-order valence-electron chi connectivity index (χ4n) is 2.74. The van der Waals surface area contributed by atoms with E-state index in [1.165, 1.54) is 16.7 Å². The minimum Gasteiger partial charge on any atom is -0.399 e. The van der Waals surface area contributed by atoms with Crippen molar-refractivity contribution in [2.24, 2.45) is 0 Å². The molecule has 2 aromatic rings. The van der Waals surface area contributed by atoms with E-state index in [1.54, 1.807) is 0 Å². The molecule has 3 heteroatoms. The van der Waals surface area contributed by atoms with Gasteiger partial charge in [-0.15, -0.1) is 0 Å². The fraction of sp³-hybridized carbons (Fsp3) is 0.188. The molecule has 0 fully saturated rings. The van der Waals surface area contributed by atoms with Gasteiger partial charge in [0.05, 0.1) is 6.42 Å². The number of aryl methyl sites for hydroxylation is 1. The number of carbonyl (C=O) groups excluding carboxylic acids is 1. The second kappa shape index (κ2) is 4.12. The Balaban J connectivity index is 2.17. The molecule has 3 N–H and O–H groups in total. The van der Waals surface area contributed by atoms with Gasteiger partial charge in [0, 0.05) is 11.4 Å². The molecule has 0 unspecified atom stereocenters. The van der Waals surface area contributed by atoms with E-state index in [2.05, 4.69) is 25.2 Å². The minimum absolute atomic E-state index is 0.0734. The van der Waals surface area contributed by atoms with E-state index < -0.39 is 0 Å². The van der Waals surface area contributed by atoms with Gasteiger partial charge in [-0.25, -0.2) is 0 Å². The predicted molar refractivity (Wildman–Crippen MR) is 78.1 cm³/mol. The lowest BCUT2D eigenvalue weighted by molar-refractivity contribution is -0.115. The van der Waals surface area contributed by atoms with Gasteiger partial charge in [-0.3, -0.25) is 4.79 Å². The normalized spacial score (nSPS) is 13.3. The summed E-state index contributed by atoms with van der Waals surface area (Å²) in [6.45, 7) is 4.13. The molecule has 96 valence electrons. The summed E-state index contributed by atoms with van der Waals surface area (Å²) in [5.41, 5.74) is 13.3. The Labute approximate surface area is 112 Å². The summed E-state index contributed by atoms with van der Waals surface area (Å²) in [7, 11) is 0. The van der Waals surface area contributed by atoms with Gasteiger partial charge in [-0.2, -0.15) is 0 Å². The molecule has 0 aromatic heterocycles. The molecule has 0 radical (unpaired) electrons. The van der Waals surface area contributed by atoms with Gasteiger partial charge in [0.25, 0.3) is 0 Å². The van der Waals surface area contributed by atoms with Crippen molar-refractivity contribution in [3.63, 3.8) is 0 Å². The van der Waals surface area contributed by atoms with Crippen LogP contribution in [0.25, 0.3) is 11.1 Å². The highest BCUT2D eigenvalue weighted by atomic mass is 16.1. The average molecular weight is 252 g/mol. The third kappa shape index (κ3) is 1.87. The molecule has 0 atom stereocenters. The largest absolute Gasteiger partial charge is 0.399 e. The maximum atomic E-state index is 11.5. The Morgan fingerprint density at radius 1 is 1.11 bits per heavy atom. The van der Waals surface area contributed by atoms with Crippen molar-refractivity contribution < 1.29 is 4.79 Å². The average Bonchev–Trinajstić information content (AvgIpc) is 2.73. The molecule has 3 rings (SSSR count). The molecule has 2 aromatic carbocycles. The van der Waals surface area contributed by atoms with Crippen molar-refractivity contribution in [1.29, 1.82) is 0 Å². The first-order valence-electron chi connectivity index (χ1n) is 6.35. The Morgan fingerprint density at radius 3 is 2.58 bits per heavy atom. The zero-order chi connectivity index (χ0) is 13.6. The van der Waals surface area contributed by atoms with Gasteiger partial charge in [-0.05, 0) is 59.9 Å². The summed E-state index contributed by atoms with van der Waals surface area (Å²) in [5, 5.41) is 2.88. The number of benzene rings is 2. The molecule has 3 nitrogen and oxygen atoms in total. The summed E-state index contributed by atoms with van der Waals surface area (Å²) >= 11 is 0. The van der Waals surface area contributed by atoms with E-state index in [-0.39, 0.29) is 5.91 Å². The third-order valence-corrected chi connectivity index (χ3v) is 3.75. The first-order valence-corrected chi connectivity index (χ1v) is 6.35. The topological polar surface area (TPSA) is 55.1 Å². The molecule has 1 heterocycles. The third-order valence-electron chi connectivity index (χ3n) is 3.75. The molecule has 19 heavy (non-hydrogen) atoms. The second-order valence-corrected chi connectivity index (χ2v) is 5.06. The lowest BCUT2D eigenvalue weighted by atomic mass is 9.92. The standard InChI is InChI=1S/C16H16N2O/c1-9-7-11(17)3-4-12(9)13-5-6-15-14(10(13)2)8-16(19)18-15/h3-7H,8,17H2,1-2H3,(H,18,19). The number of nitrogens with one attached hydrogen (secondary N) is 1. The lowest BCUT2D eigenvalue weighted by Gasteiger charge is -2.13. The summed E-state index contributed by atoms with van der Waals surface area (Å²) in [5.74, 6) is 0.0734. The van der Waals surface area contributed by atoms with Gasteiger partial charge in [0.2, 0.25) is 5.91 Å². The van der Waals surface area contributed by atoms with Crippen LogP contribution in [-0.4, -0.2) is 5.91 Å². The molecular formula is C16H16N2O. The van der Waals surface area contributed by atoms with E-state index in [1.807, 2.05) is 24.3 Å². The molecule has 0 saturated carbocycles. The van der Waals surface area contributed by atoms with Crippen LogP contribution < -0.4 is 11.1 Å². The number of rotatable bonds is 1. The molecule has 0 spiro atoms. The summed E-state index contributed by atoms with van der Waals surface area (Å²) < 4.78 is 0. The van der Waals surface area contributed by atoms with E-state index in [4.69, 9.17) is 5.73 Å². The highest BCUT2D eigenvalue weighted by molar-refractivity contribution is 6.00. The number of amides is 1. The van der Waals surface area contributed by atoms with Crippen LogP contribution in [0.15, 0.2) is 30.3 Å². The summed E-state index contributed by atoms with van der Waals surface area (Å²) in [6, 6.07) is 9.99. The van der Waals surface area contributed by atoms with Crippen LogP contribution in [0.5, 0.6) is 0 Å². The van der Waals surface area contributed by atoms with Crippen LogP contribution in [-0.2, 0) is 11.2 Å². The number of hydrogen-bond acceptors (Lipinski definition) is 2. The molecular weight excluding hydrogens is 236 g/mol. The Morgan fingerprint density at radius 2 is 1.84 bits per heavy atom. The summed E-state index contributed by atoms with van der Waals surface area (Å²) in [4.78, 5) is 11.5. The van der Waals surface area contributed by atoms with Crippen LogP contribution in [0, 0.1) is 13.8 Å². The number of nitrogens with two attached hydrogens (primary N) is 1. The first kappa shape index (κ1) is 11.8. The van der Waals surface area contributed by atoms with Crippen molar-refractivity contribution in [3.8, 4) is 11.1 Å². The van der Waals surface area contributed by atoms with Crippen molar-refractivity contribution >= 4 is 17.3 Å². The molecule has 0 aliphatic carbocycles. The maximum absolute atomic E-state index is 11.5. The molecule has 1 aliphatic heterocycles. The van der Waals surface area contributed by atoms with Gasteiger partial charge >= 0.3 is 0 Å². The van der Waals surface area contributed by atoms with Gasteiger partial charge in [0.1, 0.15) is 0 Å². The van der Waals surface area contributed by atoms with Crippen molar-refractivity contribution in [3.05, 3.63) is 47.0 Å². The van der Waals surface area contributed by atoms with Crippen molar-refractivity contribution in [2.45, 2.75) is 20.3 Å². The second-order valence-electron chi connectivity index (χ2n) is 5.06. The number of nitrogen functional groups attached to an aromatic ring is 1. The van der Waals surface area contributed by atoms with Crippen LogP contribution in [0.3, 0.4) is 0 Å². The first-order chi connectivity index (χ1) is 9.06. The van der Waals surface area contributed by atoms with Gasteiger partial charge in [0.15, 0.2) is 0 Å². The van der Waals surface area contributed by atoms with Crippen molar-refractivity contribution in [1.82, 2.24) is 0 Å². The fourth-order valence-corrected chi connectivity index (χ4v) is 2.74. The van der Waals surface area contributed by atoms with Crippen LogP contribution >= 0.6 is 0 Å². The van der Waals surface area contributed by atoms with E-state index in [0.29, 0.717) is 6.42 Å². The highest BCUT2D eigenvalue weighted by Crippen LogP contribution is 2.35. The predicted octanol–water partition coefficient (Wildman–Crippen LogP) is 3.05. The molecule has 0 bridgehead atoms. The zero-order valence-electron chi connectivity index (χ0n) is 11.1. The lowest BCUT2D eigenvalue weighted by Crippen LogP contribution is -2.03. The number of anilines is 2. The molecule has 0 saturated heterocycles. The Bertz CT molecular complexity index is 689. The maximum Gasteiger partial charge on any atom is 0.228 e. The van der Waals surface area contributed by atoms with E-state index >= 15 is 0 Å². The zero-order valence-corrected chi connectivity index (χ0v) is 11.1. The van der Waals surface area contributed by atoms with Crippen LogP contribution in [0.1, 0.15) is 16.7 Å². The number of carbonyl (C=O) groups is 1. The monoisotopic (exact) mass is 252 g/mol. The van der Waals surface area contributed by atoms with Gasteiger partial charge < -0.3 is 11.1 Å². The molecule has 1 amide bonds. The smallest absolute Gasteiger partial charge is 0.228 e. The van der Waals surface area contributed by atoms with E-state index in [9.17, 15) is 4.79 Å². The van der Waals surface area contributed by atoms with Crippen LogP contribution in [0.4, 0.5) is 11.4 Å². The number of hydrogen-bond donors (Lipinski definition) is 2. The number of fused-ring (bicyclic) bond motifs is 1. The Kier molecular flexibility index (Phi) is 2.56. The van der Waals surface area contributed by atoms with Crippen LogP contribution in [0.2, 0.25) is 0 Å².